The number of anilines is 1. The van der Waals surface area contributed by atoms with Gasteiger partial charge in [-0.1, -0.05) is 23.7 Å². The summed E-state index contributed by atoms with van der Waals surface area (Å²) in [5.41, 5.74) is -1.87. The van der Waals surface area contributed by atoms with Gasteiger partial charge >= 0.3 is 12.3 Å². The first-order chi connectivity index (χ1) is 13.3. The smallest absolute Gasteiger partial charge is 0.433 e. The number of nitrogens with zero attached hydrogens (tertiary/aromatic N) is 1. The van der Waals surface area contributed by atoms with Gasteiger partial charge in [-0.25, -0.2) is 4.79 Å². The highest BCUT2D eigenvalue weighted by atomic mass is 35.5. The lowest BCUT2D eigenvalue weighted by Gasteiger charge is -2.43. The average Bonchev–Trinajstić information content (AvgIpc) is 3.48. The fourth-order valence-electron chi connectivity index (χ4n) is 3.69. The van der Waals surface area contributed by atoms with Gasteiger partial charge in [-0.3, -0.25) is 4.90 Å². The topological polar surface area (TPSA) is 38.8 Å². The molecule has 148 valence electrons. The molecule has 1 unspecified atom stereocenters. The van der Waals surface area contributed by atoms with Gasteiger partial charge in [0.05, 0.1) is 19.3 Å². The zero-order valence-electron chi connectivity index (χ0n) is 14.9. The van der Waals surface area contributed by atoms with E-state index in [-0.39, 0.29) is 22.8 Å². The van der Waals surface area contributed by atoms with E-state index < -0.39 is 23.8 Å². The molecule has 1 atom stereocenters. The Bertz CT molecular complexity index is 912. The van der Waals surface area contributed by atoms with Gasteiger partial charge in [0.15, 0.2) is 0 Å². The quantitative estimate of drug-likeness (QED) is 0.650. The summed E-state index contributed by atoms with van der Waals surface area (Å²) in [5, 5.41) is 0.162. The van der Waals surface area contributed by atoms with Crippen LogP contribution < -0.4 is 9.64 Å². The van der Waals surface area contributed by atoms with E-state index in [4.69, 9.17) is 21.1 Å². The largest absolute Gasteiger partial charge is 0.497 e. The Morgan fingerprint density at radius 2 is 1.89 bits per heavy atom. The lowest BCUT2D eigenvalue weighted by molar-refractivity contribution is -0.274. The second-order valence-electron chi connectivity index (χ2n) is 6.97. The highest BCUT2D eigenvalue weighted by Crippen LogP contribution is 2.60. The molecule has 2 aromatic rings. The minimum Gasteiger partial charge on any atom is -0.497 e. The van der Waals surface area contributed by atoms with Crippen LogP contribution in [-0.2, 0) is 16.9 Å². The van der Waals surface area contributed by atoms with Crippen molar-refractivity contribution in [2.45, 2.75) is 31.2 Å². The molecule has 0 aromatic heterocycles. The van der Waals surface area contributed by atoms with Crippen LogP contribution in [0.4, 0.5) is 23.7 Å². The Hall–Kier alpha value is -2.41. The summed E-state index contributed by atoms with van der Waals surface area (Å²) >= 11 is 6.02. The summed E-state index contributed by atoms with van der Waals surface area (Å²) in [4.78, 5) is 13.9. The molecule has 4 nitrogen and oxygen atoms in total. The Kier molecular flexibility index (Phi) is 4.45. The maximum absolute atomic E-state index is 14.2. The van der Waals surface area contributed by atoms with Crippen molar-refractivity contribution in [3.05, 3.63) is 58.6 Å². The number of fused-ring (bicyclic) bond motifs is 1. The predicted molar refractivity (Wildman–Crippen MR) is 97.6 cm³/mol. The SMILES string of the molecule is COc1ccc(CN2C(=O)OC(C3CC3)(C(F)(F)F)c3cc(Cl)ccc32)cc1. The normalized spacial score (nSPS) is 21.9. The molecule has 2 aliphatic rings. The molecule has 1 saturated carbocycles. The van der Waals surface area contributed by atoms with E-state index in [0.29, 0.717) is 18.6 Å². The number of cyclic esters (lactones) is 1. The number of hydrogen-bond acceptors (Lipinski definition) is 3. The van der Waals surface area contributed by atoms with Crippen LogP contribution in [0.3, 0.4) is 0 Å². The van der Waals surface area contributed by atoms with Gasteiger partial charge in [0, 0.05) is 16.5 Å². The molecule has 0 N–H and O–H groups in total. The standard InChI is InChI=1S/C20H17ClF3NO3/c1-27-15-7-2-12(3-8-15)11-25-17-9-6-14(21)10-16(17)19(13-4-5-13,20(22,23)24)28-18(25)26/h2-3,6-10,13H,4-5,11H2,1H3. The molecule has 1 fully saturated rings. The van der Waals surface area contributed by atoms with Gasteiger partial charge in [0.2, 0.25) is 5.60 Å². The van der Waals surface area contributed by atoms with E-state index >= 15 is 0 Å². The number of hydrogen-bond donors (Lipinski definition) is 0. The molecule has 1 aliphatic heterocycles. The molecule has 2 aromatic carbocycles. The van der Waals surface area contributed by atoms with Crippen LogP contribution in [0.1, 0.15) is 24.0 Å². The maximum atomic E-state index is 14.2. The number of ether oxygens (including phenoxy) is 2. The minimum atomic E-state index is -4.74. The number of halogens is 4. The second-order valence-corrected chi connectivity index (χ2v) is 7.41. The van der Waals surface area contributed by atoms with E-state index in [1.165, 1.54) is 30.2 Å². The molecule has 4 rings (SSSR count). The minimum absolute atomic E-state index is 0.0655. The van der Waals surface area contributed by atoms with Crippen molar-refractivity contribution < 1.29 is 27.4 Å². The second kappa shape index (κ2) is 6.58. The summed E-state index contributed by atoms with van der Waals surface area (Å²) in [6.45, 7) is 0.0655. The van der Waals surface area contributed by atoms with Crippen LogP contribution in [0.15, 0.2) is 42.5 Å². The Balaban J connectivity index is 1.79. The fourth-order valence-corrected chi connectivity index (χ4v) is 3.86. The first-order valence-corrected chi connectivity index (χ1v) is 9.14. The van der Waals surface area contributed by atoms with Crippen LogP contribution in [0.5, 0.6) is 5.75 Å². The zero-order chi connectivity index (χ0) is 20.1. The number of methoxy groups -OCH3 is 1. The summed E-state index contributed by atoms with van der Waals surface area (Å²) in [6, 6.07) is 11.1. The van der Waals surface area contributed by atoms with Gasteiger partial charge in [-0.15, -0.1) is 0 Å². The third kappa shape index (κ3) is 2.98. The van der Waals surface area contributed by atoms with Gasteiger partial charge < -0.3 is 9.47 Å². The van der Waals surface area contributed by atoms with Gasteiger partial charge in [0.25, 0.3) is 0 Å². The molecule has 28 heavy (non-hydrogen) atoms. The van der Waals surface area contributed by atoms with E-state index in [9.17, 15) is 18.0 Å². The van der Waals surface area contributed by atoms with Crippen LogP contribution in [0.2, 0.25) is 5.02 Å². The van der Waals surface area contributed by atoms with Crippen LogP contribution in [0, 0.1) is 5.92 Å². The lowest BCUT2D eigenvalue weighted by Crippen LogP contribution is -2.54. The lowest BCUT2D eigenvalue weighted by atomic mass is 9.85. The van der Waals surface area contributed by atoms with Crippen LogP contribution in [-0.4, -0.2) is 19.4 Å². The van der Waals surface area contributed by atoms with Gasteiger partial charge in [0.1, 0.15) is 5.75 Å². The molecular formula is C20H17ClF3NO3. The van der Waals surface area contributed by atoms with Crippen molar-refractivity contribution in [1.82, 2.24) is 0 Å². The van der Waals surface area contributed by atoms with Crippen molar-refractivity contribution in [2.24, 2.45) is 5.92 Å². The number of alkyl halides is 3. The Labute approximate surface area is 164 Å². The summed E-state index contributed by atoms with van der Waals surface area (Å²) < 4.78 is 52.7. The Morgan fingerprint density at radius 1 is 1.21 bits per heavy atom. The van der Waals surface area contributed by atoms with Crippen LogP contribution in [0.25, 0.3) is 0 Å². The van der Waals surface area contributed by atoms with Crippen molar-refractivity contribution in [3.8, 4) is 5.75 Å². The van der Waals surface area contributed by atoms with Crippen molar-refractivity contribution in [3.63, 3.8) is 0 Å². The van der Waals surface area contributed by atoms with Gasteiger partial charge in [-0.05, 0) is 48.7 Å². The van der Waals surface area contributed by atoms with E-state index in [2.05, 4.69) is 0 Å². The molecule has 1 heterocycles. The first kappa shape index (κ1) is 18.9. The highest BCUT2D eigenvalue weighted by Gasteiger charge is 2.69. The van der Waals surface area contributed by atoms with Crippen molar-refractivity contribution in [2.75, 3.05) is 12.0 Å². The molecule has 0 bridgehead atoms. The van der Waals surface area contributed by atoms with Crippen molar-refractivity contribution in [1.29, 1.82) is 0 Å². The summed E-state index contributed by atoms with van der Waals surface area (Å²) in [5.74, 6) is -0.154. The van der Waals surface area contributed by atoms with E-state index in [1.807, 2.05) is 0 Å². The number of benzene rings is 2. The summed E-state index contributed by atoms with van der Waals surface area (Å²) in [6.07, 6.45) is -5.07. The monoisotopic (exact) mass is 411 g/mol. The number of carbonyl (C=O) groups is 1. The number of carbonyl (C=O) groups excluding carboxylic acids is 1. The molecule has 1 aliphatic carbocycles. The zero-order valence-corrected chi connectivity index (χ0v) is 15.7. The highest BCUT2D eigenvalue weighted by molar-refractivity contribution is 6.30. The maximum Gasteiger partial charge on any atom is 0.433 e. The van der Waals surface area contributed by atoms with Crippen molar-refractivity contribution >= 4 is 23.4 Å². The summed E-state index contributed by atoms with van der Waals surface area (Å²) in [7, 11) is 1.53. The molecule has 0 radical (unpaired) electrons. The fraction of sp³-hybridized carbons (Fsp3) is 0.350. The molecule has 0 saturated heterocycles. The Morgan fingerprint density at radius 3 is 2.46 bits per heavy atom. The van der Waals surface area contributed by atoms with Crippen LogP contribution >= 0.6 is 11.6 Å². The van der Waals surface area contributed by atoms with E-state index in [0.717, 1.165) is 5.56 Å². The van der Waals surface area contributed by atoms with Gasteiger partial charge in [-0.2, -0.15) is 13.2 Å². The first-order valence-electron chi connectivity index (χ1n) is 8.76. The third-order valence-electron chi connectivity index (χ3n) is 5.19. The predicted octanol–water partition coefficient (Wildman–Crippen LogP) is 5.67. The number of amides is 1. The molecule has 0 spiro atoms. The average molecular weight is 412 g/mol. The molecular weight excluding hydrogens is 395 g/mol. The third-order valence-corrected chi connectivity index (χ3v) is 5.43. The molecule has 1 amide bonds. The number of rotatable bonds is 4. The van der Waals surface area contributed by atoms with E-state index in [1.54, 1.807) is 24.3 Å². The molecule has 8 heteroatoms.